The van der Waals surface area contributed by atoms with Gasteiger partial charge < -0.3 is 15.5 Å². The zero-order valence-corrected chi connectivity index (χ0v) is 11.0. The van der Waals surface area contributed by atoms with Crippen LogP contribution >= 0.6 is 0 Å². The molecule has 3 N–H and O–H groups in total. The minimum atomic E-state index is -1.28. The lowest BCUT2D eigenvalue weighted by Gasteiger charge is -2.23. The maximum Gasteiger partial charge on any atom is 0.328 e. The molecule has 1 aromatic rings. The number of hydrogen-bond donors (Lipinski definition) is 3. The number of nitrogens with one attached hydrogen (secondary N) is 1. The van der Waals surface area contributed by atoms with Gasteiger partial charge in [-0.1, -0.05) is 44.2 Å². The Bertz CT molecular complexity index is 430. The van der Waals surface area contributed by atoms with E-state index in [0.717, 1.165) is 5.56 Å². The van der Waals surface area contributed by atoms with E-state index in [1.807, 2.05) is 6.07 Å². The predicted octanol–water partition coefficient (Wildman–Crippen LogP) is 0.815. The fourth-order valence-corrected chi connectivity index (χ4v) is 1.68. The molecule has 2 atom stereocenters. The van der Waals surface area contributed by atoms with Crippen molar-refractivity contribution in [2.24, 2.45) is 5.92 Å². The maximum atomic E-state index is 11.8. The van der Waals surface area contributed by atoms with E-state index in [1.54, 1.807) is 38.1 Å². The average Bonchev–Trinajstić information content (AvgIpc) is 2.36. The molecule has 0 fully saturated rings. The molecule has 0 aliphatic rings. The van der Waals surface area contributed by atoms with Gasteiger partial charge in [0.25, 0.3) is 0 Å². The van der Waals surface area contributed by atoms with Gasteiger partial charge in [0, 0.05) is 0 Å². The van der Waals surface area contributed by atoms with Crippen molar-refractivity contribution >= 4 is 11.9 Å². The first-order chi connectivity index (χ1) is 8.91. The summed E-state index contributed by atoms with van der Waals surface area (Å²) in [5, 5.41) is 21.2. The normalized spacial score (nSPS) is 13.9. The van der Waals surface area contributed by atoms with Gasteiger partial charge in [0.2, 0.25) is 5.91 Å². The van der Waals surface area contributed by atoms with Crippen LogP contribution in [0.5, 0.6) is 0 Å². The highest BCUT2D eigenvalue weighted by Crippen LogP contribution is 2.07. The van der Waals surface area contributed by atoms with Crippen LogP contribution in [0.3, 0.4) is 0 Å². The zero-order valence-electron chi connectivity index (χ0n) is 11.0. The lowest BCUT2D eigenvalue weighted by atomic mass is 9.99. The zero-order chi connectivity index (χ0) is 14.4. The predicted molar refractivity (Wildman–Crippen MR) is 70.6 cm³/mol. The van der Waals surface area contributed by atoms with E-state index in [4.69, 9.17) is 5.11 Å². The number of aliphatic hydroxyl groups is 1. The Balaban J connectivity index is 2.65. The minimum absolute atomic E-state index is 0.0927. The number of carboxylic acid groups (broad SMARTS) is 1. The van der Waals surface area contributed by atoms with Gasteiger partial charge in [-0.25, -0.2) is 4.79 Å². The van der Waals surface area contributed by atoms with Crippen LogP contribution in [0.15, 0.2) is 30.3 Å². The lowest BCUT2D eigenvalue weighted by Crippen LogP contribution is -2.51. The Morgan fingerprint density at radius 1 is 1.21 bits per heavy atom. The van der Waals surface area contributed by atoms with Crippen LogP contribution in [0.4, 0.5) is 0 Å². The molecule has 1 amide bonds. The second kappa shape index (κ2) is 6.89. The molecule has 0 aliphatic heterocycles. The highest BCUT2D eigenvalue weighted by Gasteiger charge is 2.30. The highest BCUT2D eigenvalue weighted by atomic mass is 16.4. The van der Waals surface area contributed by atoms with Crippen molar-refractivity contribution in [1.82, 2.24) is 5.32 Å². The second-order valence-electron chi connectivity index (χ2n) is 4.78. The summed E-state index contributed by atoms with van der Waals surface area (Å²) in [5.74, 6) is -1.90. The van der Waals surface area contributed by atoms with Crippen molar-refractivity contribution in [3.63, 3.8) is 0 Å². The summed E-state index contributed by atoms with van der Waals surface area (Å²) < 4.78 is 0. The van der Waals surface area contributed by atoms with Crippen molar-refractivity contribution in [3.05, 3.63) is 35.9 Å². The Hall–Kier alpha value is -1.88. The summed E-state index contributed by atoms with van der Waals surface area (Å²) in [6.07, 6.45) is -1.02. The molecular formula is C14H19NO4. The van der Waals surface area contributed by atoms with Crippen LogP contribution in [-0.2, 0) is 16.0 Å². The fraction of sp³-hybridized carbons (Fsp3) is 0.429. The SMILES string of the molecule is CC(C)[C@@H](O)[C@@H](NC(=O)Cc1ccccc1)C(=O)O. The van der Waals surface area contributed by atoms with Gasteiger partial charge in [0.1, 0.15) is 0 Å². The van der Waals surface area contributed by atoms with Gasteiger partial charge in [-0.05, 0) is 11.5 Å². The molecule has 19 heavy (non-hydrogen) atoms. The molecule has 1 aromatic carbocycles. The fourth-order valence-electron chi connectivity index (χ4n) is 1.68. The van der Waals surface area contributed by atoms with Crippen LogP contribution in [0, 0.1) is 5.92 Å². The molecule has 0 unspecified atom stereocenters. The van der Waals surface area contributed by atoms with E-state index in [2.05, 4.69) is 5.32 Å². The van der Waals surface area contributed by atoms with Gasteiger partial charge in [0.15, 0.2) is 6.04 Å². The number of hydrogen-bond acceptors (Lipinski definition) is 3. The first kappa shape index (κ1) is 15.2. The second-order valence-corrected chi connectivity index (χ2v) is 4.78. The lowest BCUT2D eigenvalue weighted by molar-refractivity contribution is -0.146. The average molecular weight is 265 g/mol. The standard InChI is InChI=1S/C14H19NO4/c1-9(2)13(17)12(14(18)19)15-11(16)8-10-6-4-3-5-7-10/h3-7,9,12-13,17H,8H2,1-2H3,(H,15,16)(H,18,19)/t12-,13-/m1/s1. The summed E-state index contributed by atoms with van der Waals surface area (Å²) >= 11 is 0. The number of aliphatic hydroxyl groups excluding tert-OH is 1. The summed E-state index contributed by atoms with van der Waals surface area (Å²) in [5.41, 5.74) is 0.795. The Kier molecular flexibility index (Phi) is 5.51. The van der Waals surface area contributed by atoms with Crippen molar-refractivity contribution in [2.45, 2.75) is 32.4 Å². The summed E-state index contributed by atoms with van der Waals surface area (Å²) in [4.78, 5) is 22.8. The topological polar surface area (TPSA) is 86.6 Å². The number of rotatable bonds is 6. The molecule has 0 aliphatic carbocycles. The number of carbonyl (C=O) groups is 2. The number of aliphatic carboxylic acids is 1. The van der Waals surface area contributed by atoms with Crippen LogP contribution < -0.4 is 5.32 Å². The van der Waals surface area contributed by atoms with E-state index in [-0.39, 0.29) is 12.3 Å². The molecule has 5 nitrogen and oxygen atoms in total. The molecule has 104 valence electrons. The van der Waals surface area contributed by atoms with Crippen LogP contribution in [-0.4, -0.2) is 34.2 Å². The molecule has 0 saturated carbocycles. The number of benzene rings is 1. The van der Waals surface area contributed by atoms with Gasteiger partial charge in [0.05, 0.1) is 12.5 Å². The molecule has 0 radical (unpaired) electrons. The van der Waals surface area contributed by atoms with E-state index in [0.29, 0.717) is 0 Å². The summed E-state index contributed by atoms with van der Waals surface area (Å²) in [6.45, 7) is 3.40. The van der Waals surface area contributed by atoms with Crippen molar-refractivity contribution in [3.8, 4) is 0 Å². The maximum absolute atomic E-state index is 11.8. The molecular weight excluding hydrogens is 246 g/mol. The smallest absolute Gasteiger partial charge is 0.328 e. The molecule has 0 spiro atoms. The minimum Gasteiger partial charge on any atom is -0.480 e. The van der Waals surface area contributed by atoms with Crippen molar-refractivity contribution in [1.29, 1.82) is 0 Å². The van der Waals surface area contributed by atoms with Crippen LogP contribution in [0.1, 0.15) is 19.4 Å². The van der Waals surface area contributed by atoms with E-state index in [1.165, 1.54) is 0 Å². The Morgan fingerprint density at radius 3 is 2.26 bits per heavy atom. The van der Waals surface area contributed by atoms with Crippen LogP contribution in [0.25, 0.3) is 0 Å². The quantitative estimate of drug-likeness (QED) is 0.710. The van der Waals surface area contributed by atoms with Gasteiger partial charge in [-0.15, -0.1) is 0 Å². The van der Waals surface area contributed by atoms with Gasteiger partial charge >= 0.3 is 5.97 Å². The van der Waals surface area contributed by atoms with Gasteiger partial charge in [-0.3, -0.25) is 4.79 Å². The van der Waals surface area contributed by atoms with Crippen molar-refractivity contribution in [2.75, 3.05) is 0 Å². The first-order valence-corrected chi connectivity index (χ1v) is 6.16. The summed E-state index contributed by atoms with van der Waals surface area (Å²) in [7, 11) is 0. The van der Waals surface area contributed by atoms with Gasteiger partial charge in [-0.2, -0.15) is 0 Å². The molecule has 0 bridgehead atoms. The molecule has 5 heteroatoms. The third kappa shape index (κ3) is 4.71. The molecule has 0 saturated heterocycles. The third-order valence-corrected chi connectivity index (χ3v) is 2.81. The Labute approximate surface area is 112 Å². The van der Waals surface area contributed by atoms with E-state index in [9.17, 15) is 14.7 Å². The number of carbonyl (C=O) groups excluding carboxylic acids is 1. The van der Waals surface area contributed by atoms with Crippen LogP contribution in [0.2, 0.25) is 0 Å². The largest absolute Gasteiger partial charge is 0.480 e. The summed E-state index contributed by atoms with van der Waals surface area (Å²) in [6, 6.07) is 7.74. The monoisotopic (exact) mass is 265 g/mol. The first-order valence-electron chi connectivity index (χ1n) is 6.16. The van der Waals surface area contributed by atoms with E-state index < -0.39 is 24.0 Å². The number of amides is 1. The molecule has 0 heterocycles. The van der Waals surface area contributed by atoms with E-state index >= 15 is 0 Å². The van der Waals surface area contributed by atoms with Crippen molar-refractivity contribution < 1.29 is 19.8 Å². The Morgan fingerprint density at radius 2 is 1.79 bits per heavy atom. The molecule has 0 aromatic heterocycles. The number of carboxylic acids is 1. The molecule has 1 rings (SSSR count). The third-order valence-electron chi connectivity index (χ3n) is 2.81. The highest BCUT2D eigenvalue weighted by molar-refractivity contribution is 5.85.